The number of benzene rings is 3. The number of rotatable bonds is 8. The molecule has 0 aromatic heterocycles. The van der Waals surface area contributed by atoms with Gasteiger partial charge in [0, 0.05) is 17.8 Å². The van der Waals surface area contributed by atoms with Crippen molar-refractivity contribution in [2.45, 2.75) is 0 Å². The van der Waals surface area contributed by atoms with Crippen LogP contribution in [0.15, 0.2) is 60.2 Å². The van der Waals surface area contributed by atoms with Crippen LogP contribution >= 0.6 is 45.8 Å². The molecular weight excluding hydrogens is 694 g/mol. The van der Waals surface area contributed by atoms with E-state index < -0.39 is 28.7 Å². The Bertz CT molecular complexity index is 1630. The van der Waals surface area contributed by atoms with Crippen molar-refractivity contribution in [1.29, 1.82) is 0 Å². The predicted octanol–water partition coefficient (Wildman–Crippen LogP) is 5.20. The summed E-state index contributed by atoms with van der Waals surface area (Å²) < 4.78 is 11.6. The number of nitro benzene ring substituents is 1. The fourth-order valence-corrected chi connectivity index (χ4v) is 4.73. The molecule has 0 bridgehead atoms. The molecule has 0 aliphatic carbocycles. The number of anilines is 2. The quantitative estimate of drug-likeness (QED) is 0.106. The van der Waals surface area contributed by atoms with Crippen molar-refractivity contribution in [3.8, 4) is 11.5 Å². The van der Waals surface area contributed by atoms with Crippen LogP contribution in [-0.4, -0.2) is 42.4 Å². The highest BCUT2D eigenvalue weighted by Gasteiger charge is 2.37. The highest BCUT2D eigenvalue weighted by Crippen LogP contribution is 2.35. The van der Waals surface area contributed by atoms with Crippen LogP contribution in [0, 0.1) is 13.7 Å². The van der Waals surface area contributed by atoms with Gasteiger partial charge in [0.2, 0.25) is 0 Å². The maximum Gasteiger partial charge on any atom is 0.335 e. The van der Waals surface area contributed by atoms with E-state index in [-0.39, 0.29) is 40.1 Å². The lowest BCUT2D eigenvalue weighted by Crippen LogP contribution is -2.54. The Labute approximate surface area is 255 Å². The van der Waals surface area contributed by atoms with Crippen molar-refractivity contribution in [3.63, 3.8) is 0 Å². The molecule has 41 heavy (non-hydrogen) atoms. The standard InChI is InChI=1S/C26H17Cl2IN4O8/c1-40-21-10-13(9-20(29)23(21)41-12-22(34)30-14-2-7-18(27)19(28)11-14)8-17-24(35)31-26(37)32(25(17)36)15-3-5-16(6-4-15)33(38)39/h2-11H,12H2,1H3,(H,30,34)(H,31,35,37)/b17-8-. The number of amides is 5. The molecule has 1 aliphatic rings. The van der Waals surface area contributed by atoms with Crippen molar-refractivity contribution >= 4 is 92.7 Å². The minimum Gasteiger partial charge on any atom is -0.493 e. The number of urea groups is 1. The van der Waals surface area contributed by atoms with Crippen LogP contribution in [0.4, 0.5) is 21.9 Å². The van der Waals surface area contributed by atoms with E-state index in [1.54, 1.807) is 12.1 Å². The van der Waals surface area contributed by atoms with Gasteiger partial charge in [-0.1, -0.05) is 23.2 Å². The Morgan fingerprint density at radius 2 is 1.80 bits per heavy atom. The smallest absolute Gasteiger partial charge is 0.335 e. The van der Waals surface area contributed by atoms with E-state index in [2.05, 4.69) is 10.6 Å². The summed E-state index contributed by atoms with van der Waals surface area (Å²) in [5, 5.41) is 16.3. The number of hydrogen-bond acceptors (Lipinski definition) is 8. The lowest BCUT2D eigenvalue weighted by atomic mass is 10.1. The number of nitrogens with zero attached hydrogens (tertiary/aromatic N) is 2. The molecule has 1 fully saturated rings. The number of hydrogen-bond donors (Lipinski definition) is 2. The van der Waals surface area contributed by atoms with E-state index in [1.165, 1.54) is 43.5 Å². The average molecular weight is 711 g/mol. The third-order valence-corrected chi connectivity index (χ3v) is 7.07. The molecule has 4 rings (SSSR count). The average Bonchev–Trinajstić information content (AvgIpc) is 2.92. The van der Waals surface area contributed by atoms with Crippen molar-refractivity contribution in [3.05, 3.63) is 89.5 Å². The predicted molar refractivity (Wildman–Crippen MR) is 158 cm³/mol. The van der Waals surface area contributed by atoms with E-state index in [1.807, 2.05) is 22.6 Å². The maximum atomic E-state index is 13.2. The molecule has 15 heteroatoms. The largest absolute Gasteiger partial charge is 0.493 e. The first-order chi connectivity index (χ1) is 19.5. The Kier molecular flexibility index (Phi) is 9.10. The summed E-state index contributed by atoms with van der Waals surface area (Å²) >= 11 is 13.8. The lowest BCUT2D eigenvalue weighted by molar-refractivity contribution is -0.384. The molecule has 0 unspecified atom stereocenters. The molecule has 0 radical (unpaired) electrons. The Balaban J connectivity index is 1.55. The molecule has 1 saturated heterocycles. The maximum absolute atomic E-state index is 13.2. The van der Waals surface area contributed by atoms with Crippen LogP contribution in [0.25, 0.3) is 6.08 Å². The summed E-state index contributed by atoms with van der Waals surface area (Å²) in [5.41, 5.74) is 0.215. The first-order valence-electron chi connectivity index (χ1n) is 11.4. The fraction of sp³-hybridized carbons (Fsp3) is 0.0769. The molecule has 0 atom stereocenters. The normalized spacial score (nSPS) is 14.1. The molecule has 3 aromatic rings. The first kappa shape index (κ1) is 29.8. The minimum atomic E-state index is -0.999. The number of nitrogens with one attached hydrogen (secondary N) is 2. The van der Waals surface area contributed by atoms with Gasteiger partial charge in [0.1, 0.15) is 5.57 Å². The van der Waals surface area contributed by atoms with Crippen molar-refractivity contribution < 1.29 is 33.6 Å². The van der Waals surface area contributed by atoms with Gasteiger partial charge in [-0.3, -0.25) is 29.8 Å². The third kappa shape index (κ3) is 6.75. The van der Waals surface area contributed by atoms with Crippen LogP contribution in [0.1, 0.15) is 5.56 Å². The molecule has 5 amide bonds. The number of halogens is 3. The van der Waals surface area contributed by atoms with Gasteiger partial charge in [-0.15, -0.1) is 0 Å². The number of carbonyl (C=O) groups is 4. The molecule has 0 spiro atoms. The highest BCUT2D eigenvalue weighted by atomic mass is 127. The van der Waals surface area contributed by atoms with Gasteiger partial charge < -0.3 is 14.8 Å². The van der Waals surface area contributed by atoms with E-state index in [9.17, 15) is 29.3 Å². The van der Waals surface area contributed by atoms with Crippen molar-refractivity contribution in [2.24, 2.45) is 0 Å². The monoisotopic (exact) mass is 710 g/mol. The zero-order valence-electron chi connectivity index (χ0n) is 20.8. The van der Waals surface area contributed by atoms with Gasteiger partial charge in [-0.2, -0.15) is 0 Å². The van der Waals surface area contributed by atoms with E-state index in [0.717, 1.165) is 12.1 Å². The van der Waals surface area contributed by atoms with Gasteiger partial charge in [0.05, 0.1) is 31.3 Å². The van der Waals surface area contributed by atoms with Crippen LogP contribution in [-0.2, 0) is 14.4 Å². The van der Waals surface area contributed by atoms with Gasteiger partial charge in [0.25, 0.3) is 23.4 Å². The molecular formula is C26H17Cl2IN4O8. The summed E-state index contributed by atoms with van der Waals surface area (Å²) in [7, 11) is 1.37. The van der Waals surface area contributed by atoms with E-state index >= 15 is 0 Å². The van der Waals surface area contributed by atoms with E-state index in [0.29, 0.717) is 24.7 Å². The second-order valence-electron chi connectivity index (χ2n) is 8.23. The summed E-state index contributed by atoms with van der Waals surface area (Å²) in [6.45, 7) is -0.375. The van der Waals surface area contributed by atoms with Gasteiger partial charge in [-0.05, 0) is 76.7 Å². The van der Waals surface area contributed by atoms with Gasteiger partial charge in [0.15, 0.2) is 18.1 Å². The number of methoxy groups -OCH3 is 1. The number of non-ortho nitro benzene ring substituents is 1. The van der Waals surface area contributed by atoms with Gasteiger partial charge >= 0.3 is 6.03 Å². The molecule has 3 aromatic carbocycles. The number of carbonyl (C=O) groups excluding carboxylic acids is 4. The number of nitro groups is 1. The first-order valence-corrected chi connectivity index (χ1v) is 13.2. The molecule has 2 N–H and O–H groups in total. The summed E-state index contributed by atoms with van der Waals surface area (Å²) in [4.78, 5) is 61.6. The van der Waals surface area contributed by atoms with Crippen molar-refractivity contribution in [1.82, 2.24) is 5.32 Å². The molecule has 0 saturated carbocycles. The van der Waals surface area contributed by atoms with Crippen molar-refractivity contribution in [2.75, 3.05) is 23.9 Å². The Morgan fingerprint density at radius 1 is 1.10 bits per heavy atom. The third-order valence-electron chi connectivity index (χ3n) is 5.53. The van der Waals surface area contributed by atoms with Crippen LogP contribution in [0.5, 0.6) is 11.5 Å². The molecule has 12 nitrogen and oxygen atoms in total. The van der Waals surface area contributed by atoms with Gasteiger partial charge in [-0.25, -0.2) is 9.69 Å². The molecule has 210 valence electrons. The number of ether oxygens (including phenoxy) is 2. The van der Waals surface area contributed by atoms with Crippen LogP contribution in [0.3, 0.4) is 0 Å². The van der Waals surface area contributed by atoms with E-state index in [4.69, 9.17) is 32.7 Å². The second-order valence-corrected chi connectivity index (χ2v) is 10.2. The Morgan fingerprint density at radius 3 is 2.44 bits per heavy atom. The zero-order chi connectivity index (χ0) is 29.8. The fourth-order valence-electron chi connectivity index (χ4n) is 3.65. The lowest BCUT2D eigenvalue weighted by Gasteiger charge is -2.26. The topological polar surface area (TPSA) is 157 Å². The summed E-state index contributed by atoms with van der Waals surface area (Å²) in [5.74, 6) is -1.89. The minimum absolute atomic E-state index is 0.0338. The van der Waals surface area contributed by atoms with Crippen LogP contribution < -0.4 is 25.0 Å². The molecule has 1 aliphatic heterocycles. The number of barbiturate groups is 1. The highest BCUT2D eigenvalue weighted by molar-refractivity contribution is 14.1. The zero-order valence-corrected chi connectivity index (χ0v) is 24.4. The van der Waals surface area contributed by atoms with Crippen LogP contribution in [0.2, 0.25) is 10.0 Å². The summed E-state index contributed by atoms with van der Waals surface area (Å²) in [6, 6.07) is 11.4. The second kappa shape index (κ2) is 12.5. The molecule has 1 heterocycles. The Hall–Kier alpha value is -4.21. The summed E-state index contributed by atoms with van der Waals surface area (Å²) in [6.07, 6.45) is 1.26. The SMILES string of the molecule is COc1cc(/C=C2/C(=O)NC(=O)N(c3ccc([N+](=O)[O-])cc3)C2=O)cc(I)c1OCC(=O)Nc1ccc(Cl)c(Cl)c1. The number of imide groups is 2.